The summed E-state index contributed by atoms with van der Waals surface area (Å²) >= 11 is 0. The molecule has 3 unspecified atom stereocenters. The monoisotopic (exact) mass is 708 g/mol. The van der Waals surface area contributed by atoms with Gasteiger partial charge in [-0.15, -0.1) is 0 Å². The summed E-state index contributed by atoms with van der Waals surface area (Å²) in [6.07, 6.45) is 28.7. The maximum atomic E-state index is 5.44. The van der Waals surface area contributed by atoms with Crippen molar-refractivity contribution in [2.45, 2.75) is 25.8 Å². The molecule has 6 aromatic rings. The van der Waals surface area contributed by atoms with E-state index in [9.17, 15) is 0 Å². The van der Waals surface area contributed by atoms with E-state index >= 15 is 0 Å². The first kappa shape index (κ1) is 33.1. The molecule has 3 aliphatic carbocycles. The Morgan fingerprint density at radius 3 is 2.05 bits per heavy atom. The molecule has 4 nitrogen and oxygen atoms in total. The van der Waals surface area contributed by atoms with Gasteiger partial charge in [-0.05, 0) is 95.1 Å². The van der Waals surface area contributed by atoms with Crippen molar-refractivity contribution in [3.63, 3.8) is 0 Å². The summed E-state index contributed by atoms with van der Waals surface area (Å²) in [4.78, 5) is 20.1. The number of rotatable bonds is 6. The van der Waals surface area contributed by atoms with Gasteiger partial charge in [0.1, 0.15) is 0 Å². The molecule has 264 valence electrons. The van der Waals surface area contributed by atoms with Crippen LogP contribution in [0, 0.1) is 17.8 Å². The van der Waals surface area contributed by atoms with Gasteiger partial charge in [0.15, 0.2) is 0 Å². The van der Waals surface area contributed by atoms with Crippen LogP contribution in [0.25, 0.3) is 61.4 Å². The third-order valence-corrected chi connectivity index (χ3v) is 11.5. The topological polar surface area (TPSA) is 51.0 Å². The smallest absolute Gasteiger partial charge is 0.0967 e. The Bertz CT molecular complexity index is 2710. The summed E-state index contributed by atoms with van der Waals surface area (Å²) in [6.45, 7) is 2.37. The van der Waals surface area contributed by atoms with Crippen LogP contribution >= 0.6 is 0 Å². The van der Waals surface area contributed by atoms with E-state index in [4.69, 9.17) is 9.98 Å². The molecule has 10 rings (SSSR count). The minimum absolute atomic E-state index is 0.0954. The van der Waals surface area contributed by atoms with Crippen molar-refractivity contribution in [3.05, 3.63) is 198 Å². The van der Waals surface area contributed by atoms with E-state index in [2.05, 4.69) is 157 Å². The average Bonchev–Trinajstić information content (AvgIpc) is 3.26. The summed E-state index contributed by atoms with van der Waals surface area (Å²) in [5.41, 5.74) is 13.4. The summed E-state index contributed by atoms with van der Waals surface area (Å²) in [7, 11) is 0. The largest absolute Gasteiger partial charge is 0.274 e. The highest BCUT2D eigenvalue weighted by molar-refractivity contribution is 5.85. The van der Waals surface area contributed by atoms with Crippen molar-refractivity contribution in [2.24, 2.45) is 22.7 Å². The molecule has 0 fully saturated rings. The number of fused-ring (bicyclic) bond motifs is 4. The molecule has 55 heavy (non-hydrogen) atoms. The second kappa shape index (κ2) is 14.0. The number of aromatic nitrogens is 3. The average molecular weight is 709 g/mol. The Morgan fingerprint density at radius 2 is 1.35 bits per heavy atom. The molecule has 0 amide bonds. The quantitative estimate of drug-likeness (QED) is 0.173. The van der Waals surface area contributed by atoms with E-state index < -0.39 is 0 Å². The number of hydrogen-bond acceptors (Lipinski definition) is 4. The third kappa shape index (κ3) is 6.24. The molecule has 0 bridgehead atoms. The molecule has 3 aromatic heterocycles. The van der Waals surface area contributed by atoms with Gasteiger partial charge in [0.05, 0.1) is 34.0 Å². The Labute approximate surface area is 321 Å². The zero-order valence-corrected chi connectivity index (χ0v) is 30.8. The Morgan fingerprint density at radius 1 is 0.618 bits per heavy atom. The fraction of sp³-hybridized carbons (Fsp3) is 0.137. The van der Waals surface area contributed by atoms with E-state index in [-0.39, 0.29) is 12.0 Å². The SMILES string of the molecule is C[C@H]1C=C(C2C=CC=CC2)C=CC1C1=c2ccc3ccc(-c4ccc(-c5cc(-c6ccccn6)cc(-c6ccccn6)c5)cc4)nc3c2=NC2CC=CC=C12. The van der Waals surface area contributed by atoms with Gasteiger partial charge < -0.3 is 0 Å². The molecule has 1 aliphatic heterocycles. The molecule has 4 heteroatoms. The Balaban J connectivity index is 1.04. The number of nitrogens with zero attached hydrogens (tertiary/aromatic N) is 4. The van der Waals surface area contributed by atoms with Gasteiger partial charge >= 0.3 is 0 Å². The van der Waals surface area contributed by atoms with E-state index in [1.807, 2.05) is 36.7 Å². The van der Waals surface area contributed by atoms with Crippen molar-refractivity contribution in [1.29, 1.82) is 0 Å². The van der Waals surface area contributed by atoms with Gasteiger partial charge in [0.2, 0.25) is 0 Å². The lowest BCUT2D eigenvalue weighted by molar-refractivity contribution is 0.588. The predicted octanol–water partition coefficient (Wildman–Crippen LogP) is 10.6. The first-order chi connectivity index (χ1) is 27.2. The van der Waals surface area contributed by atoms with Crippen molar-refractivity contribution >= 4 is 16.5 Å². The van der Waals surface area contributed by atoms with Crippen LogP contribution < -0.4 is 10.6 Å². The predicted molar refractivity (Wildman–Crippen MR) is 225 cm³/mol. The molecule has 4 heterocycles. The number of allylic oxidation sites excluding steroid dienone is 10. The minimum atomic E-state index is 0.0954. The lowest BCUT2D eigenvalue weighted by Crippen LogP contribution is -2.40. The van der Waals surface area contributed by atoms with Crippen molar-refractivity contribution < 1.29 is 0 Å². The van der Waals surface area contributed by atoms with Crippen molar-refractivity contribution in [2.75, 3.05) is 0 Å². The first-order valence-corrected chi connectivity index (χ1v) is 19.4. The standard InChI is InChI=1S/C51H40N4/c1-33-29-38(34-11-3-2-4-12-34)22-24-42(33)49-43-13-5-6-16-48(43)55-51-44(49)25-21-37-23-26-47(54-50(37)51)36-19-17-35(18-20-36)39-30-40(45-14-7-9-27-52-45)32-41(31-39)46-15-8-10-28-53-46/h2-11,13-15,17-34,42,48H,12,16H2,1H3/t33-,34?,42?,48?/m0/s1. The first-order valence-electron chi connectivity index (χ1n) is 19.4. The normalized spacial score (nSPS) is 21.1. The third-order valence-electron chi connectivity index (χ3n) is 11.5. The lowest BCUT2D eigenvalue weighted by atomic mass is 9.73. The lowest BCUT2D eigenvalue weighted by Gasteiger charge is -2.33. The molecular formula is C51H40N4. The van der Waals surface area contributed by atoms with Crippen LogP contribution in [0.2, 0.25) is 0 Å². The highest BCUT2D eigenvalue weighted by Gasteiger charge is 2.31. The second-order valence-corrected chi connectivity index (χ2v) is 14.9. The van der Waals surface area contributed by atoms with Crippen molar-refractivity contribution in [1.82, 2.24) is 15.0 Å². The van der Waals surface area contributed by atoms with Crippen LogP contribution in [0.3, 0.4) is 0 Å². The van der Waals surface area contributed by atoms with Crippen LogP contribution in [0.5, 0.6) is 0 Å². The fourth-order valence-electron chi connectivity index (χ4n) is 8.65. The number of benzene rings is 3. The van der Waals surface area contributed by atoms with Crippen LogP contribution in [0.4, 0.5) is 0 Å². The molecule has 4 aliphatic rings. The van der Waals surface area contributed by atoms with Crippen LogP contribution in [0.1, 0.15) is 19.8 Å². The maximum Gasteiger partial charge on any atom is 0.0967 e. The highest BCUT2D eigenvalue weighted by atomic mass is 14.8. The maximum absolute atomic E-state index is 5.44. The van der Waals surface area contributed by atoms with Gasteiger partial charge in [-0.3, -0.25) is 15.0 Å². The molecule has 3 aromatic carbocycles. The van der Waals surface area contributed by atoms with Crippen LogP contribution in [-0.2, 0) is 0 Å². The number of hydrogen-bond donors (Lipinski definition) is 0. The minimum Gasteiger partial charge on any atom is -0.274 e. The molecule has 0 radical (unpaired) electrons. The second-order valence-electron chi connectivity index (χ2n) is 14.9. The van der Waals surface area contributed by atoms with Crippen molar-refractivity contribution in [3.8, 4) is 44.9 Å². The van der Waals surface area contributed by atoms with Gasteiger partial charge in [0.25, 0.3) is 0 Å². The van der Waals surface area contributed by atoms with Gasteiger partial charge in [-0.2, -0.15) is 0 Å². The Kier molecular flexibility index (Phi) is 8.44. The molecule has 0 saturated carbocycles. The fourth-order valence-corrected chi connectivity index (χ4v) is 8.65. The Hall–Kier alpha value is -6.52. The zero-order valence-electron chi connectivity index (χ0n) is 30.8. The van der Waals surface area contributed by atoms with E-state index in [1.165, 1.54) is 21.9 Å². The van der Waals surface area contributed by atoms with Gasteiger partial charge in [0, 0.05) is 51.5 Å². The summed E-state index contributed by atoms with van der Waals surface area (Å²) in [5.74, 6) is 1.09. The van der Waals surface area contributed by atoms with Crippen LogP contribution in [0.15, 0.2) is 192 Å². The van der Waals surface area contributed by atoms with Gasteiger partial charge in [-0.1, -0.05) is 122 Å². The summed E-state index contributed by atoms with van der Waals surface area (Å²) in [6, 6.07) is 36.4. The summed E-state index contributed by atoms with van der Waals surface area (Å²) in [5, 5.41) is 3.34. The van der Waals surface area contributed by atoms with Crippen LogP contribution in [-0.4, -0.2) is 21.0 Å². The molecular weight excluding hydrogens is 669 g/mol. The zero-order chi connectivity index (χ0) is 36.7. The molecule has 0 spiro atoms. The highest BCUT2D eigenvalue weighted by Crippen LogP contribution is 2.40. The molecule has 0 N–H and O–H groups in total. The molecule has 4 atom stereocenters. The van der Waals surface area contributed by atoms with Gasteiger partial charge in [-0.25, -0.2) is 4.98 Å². The van der Waals surface area contributed by atoms with E-state index in [1.54, 1.807) is 0 Å². The summed E-state index contributed by atoms with van der Waals surface area (Å²) < 4.78 is 0. The van der Waals surface area contributed by atoms with E-state index in [0.29, 0.717) is 11.8 Å². The number of pyridine rings is 3. The van der Waals surface area contributed by atoms with E-state index in [0.717, 1.165) is 74.0 Å². The molecule has 0 saturated heterocycles.